The number of ether oxygens (including phenoxy) is 2. The summed E-state index contributed by atoms with van der Waals surface area (Å²) < 4.78 is 11.3. The summed E-state index contributed by atoms with van der Waals surface area (Å²) in [5.41, 5.74) is 3.25. The summed E-state index contributed by atoms with van der Waals surface area (Å²) in [4.78, 5) is 40.1. The van der Waals surface area contributed by atoms with Gasteiger partial charge in [-0.2, -0.15) is 0 Å². The number of benzene rings is 2. The number of carbonyl (C=O) groups excluding carboxylic acids is 2. The minimum atomic E-state index is -0.866. The van der Waals surface area contributed by atoms with Gasteiger partial charge in [-0.15, -0.1) is 0 Å². The zero-order chi connectivity index (χ0) is 26.2. The van der Waals surface area contributed by atoms with Crippen LogP contribution in [0.25, 0.3) is 0 Å². The zero-order valence-corrected chi connectivity index (χ0v) is 21.2. The maximum Gasteiger partial charge on any atom is 0.410 e. The molecule has 0 aromatic heterocycles. The number of nitrogens with one attached hydrogen (secondary N) is 1. The van der Waals surface area contributed by atoms with Crippen molar-refractivity contribution in [3.63, 3.8) is 0 Å². The molecular weight excluding hydrogens is 474 g/mol. The lowest BCUT2D eigenvalue weighted by Gasteiger charge is -2.42. The van der Waals surface area contributed by atoms with E-state index in [-0.39, 0.29) is 49.9 Å². The number of rotatable bonds is 9. The number of carboxylic acid groups (broad SMARTS) is 1. The standard InChI is InChI=1S/C28H35N3O6/c1-20-24-10-6-5-9-22(24)17-25(31(20)16-13-27(33)34)29-26(32)19-36-23-11-14-30(15-12-23)28(35)37-18-21-7-3-2-4-8-21/h2-10,20,23,25H,11-19H2,1H3,(H,29,32)(H,33,34). The van der Waals surface area contributed by atoms with Gasteiger partial charge >= 0.3 is 12.1 Å². The van der Waals surface area contributed by atoms with E-state index in [1.807, 2.05) is 54.3 Å². The number of carboxylic acids is 1. The second-order valence-corrected chi connectivity index (χ2v) is 9.58. The molecule has 0 aliphatic carbocycles. The summed E-state index contributed by atoms with van der Waals surface area (Å²) in [5.74, 6) is -1.10. The van der Waals surface area contributed by atoms with E-state index in [0.29, 0.717) is 38.9 Å². The van der Waals surface area contributed by atoms with E-state index in [0.717, 1.165) is 16.7 Å². The van der Waals surface area contributed by atoms with Crippen molar-refractivity contribution in [1.82, 2.24) is 15.1 Å². The van der Waals surface area contributed by atoms with Crippen LogP contribution in [0.3, 0.4) is 0 Å². The molecule has 2 amide bonds. The second kappa shape index (κ2) is 12.7. The average molecular weight is 510 g/mol. The molecule has 2 atom stereocenters. The topological polar surface area (TPSA) is 108 Å². The molecule has 2 aromatic carbocycles. The molecule has 198 valence electrons. The Balaban J connectivity index is 1.22. The summed E-state index contributed by atoms with van der Waals surface area (Å²) in [6, 6.07) is 17.6. The van der Waals surface area contributed by atoms with Crippen LogP contribution in [0.5, 0.6) is 0 Å². The number of carbonyl (C=O) groups is 3. The third-order valence-electron chi connectivity index (χ3n) is 7.08. The lowest BCUT2D eigenvalue weighted by atomic mass is 9.91. The van der Waals surface area contributed by atoms with Gasteiger partial charge in [0.25, 0.3) is 0 Å². The molecule has 2 aromatic rings. The lowest BCUT2D eigenvalue weighted by molar-refractivity contribution is -0.137. The van der Waals surface area contributed by atoms with E-state index in [9.17, 15) is 19.5 Å². The largest absolute Gasteiger partial charge is 0.481 e. The normalized spacial score (nSPS) is 20.2. The van der Waals surface area contributed by atoms with E-state index in [4.69, 9.17) is 9.47 Å². The second-order valence-electron chi connectivity index (χ2n) is 9.58. The molecule has 2 heterocycles. The predicted octanol–water partition coefficient (Wildman–Crippen LogP) is 3.34. The van der Waals surface area contributed by atoms with Crippen molar-refractivity contribution in [3.05, 3.63) is 71.3 Å². The van der Waals surface area contributed by atoms with E-state index in [2.05, 4.69) is 17.4 Å². The zero-order valence-electron chi connectivity index (χ0n) is 21.2. The van der Waals surface area contributed by atoms with Crippen LogP contribution >= 0.6 is 0 Å². The van der Waals surface area contributed by atoms with Crippen molar-refractivity contribution >= 4 is 18.0 Å². The predicted molar refractivity (Wildman–Crippen MR) is 137 cm³/mol. The van der Waals surface area contributed by atoms with Crippen molar-refractivity contribution in [2.24, 2.45) is 0 Å². The number of piperidine rings is 1. The quantitative estimate of drug-likeness (QED) is 0.534. The summed E-state index contributed by atoms with van der Waals surface area (Å²) in [5, 5.41) is 12.2. The van der Waals surface area contributed by atoms with Crippen LogP contribution in [0.15, 0.2) is 54.6 Å². The Kier molecular flexibility index (Phi) is 9.14. The molecule has 2 aliphatic rings. The van der Waals surface area contributed by atoms with Crippen LogP contribution in [0.1, 0.15) is 48.9 Å². The van der Waals surface area contributed by atoms with Crippen LogP contribution in [-0.4, -0.2) is 71.4 Å². The first kappa shape index (κ1) is 26.6. The number of hydrogen-bond donors (Lipinski definition) is 2. The Morgan fingerprint density at radius 2 is 1.73 bits per heavy atom. The van der Waals surface area contributed by atoms with Crippen LogP contribution in [0.4, 0.5) is 4.79 Å². The minimum absolute atomic E-state index is 0.00172. The van der Waals surface area contributed by atoms with Gasteiger partial charge in [0.05, 0.1) is 18.7 Å². The Hall–Kier alpha value is -3.43. The SMILES string of the molecule is CC1c2ccccc2CC(NC(=O)COC2CCN(C(=O)OCc3ccccc3)CC2)N1CCC(=O)O. The molecule has 0 spiro atoms. The van der Waals surface area contributed by atoms with Crippen molar-refractivity contribution in [3.8, 4) is 0 Å². The monoisotopic (exact) mass is 509 g/mol. The smallest absolute Gasteiger partial charge is 0.410 e. The van der Waals surface area contributed by atoms with Gasteiger partial charge in [-0.25, -0.2) is 4.79 Å². The number of aliphatic carboxylic acids is 1. The minimum Gasteiger partial charge on any atom is -0.481 e. The van der Waals surface area contributed by atoms with Gasteiger partial charge in [-0.3, -0.25) is 14.5 Å². The summed E-state index contributed by atoms with van der Waals surface area (Å²) in [6.45, 7) is 3.57. The molecule has 2 N–H and O–H groups in total. The molecule has 0 saturated carbocycles. The maximum atomic E-state index is 12.8. The molecule has 9 nitrogen and oxygen atoms in total. The third kappa shape index (κ3) is 7.30. The first-order valence-electron chi connectivity index (χ1n) is 12.8. The fourth-order valence-corrected chi connectivity index (χ4v) is 5.05. The highest BCUT2D eigenvalue weighted by atomic mass is 16.6. The number of likely N-dealkylation sites (tertiary alicyclic amines) is 1. The van der Waals surface area contributed by atoms with Crippen molar-refractivity contribution in [2.75, 3.05) is 26.2 Å². The fourth-order valence-electron chi connectivity index (χ4n) is 5.05. The molecule has 1 saturated heterocycles. The molecule has 4 rings (SSSR count). The molecule has 9 heteroatoms. The highest BCUT2D eigenvalue weighted by Crippen LogP contribution is 2.32. The van der Waals surface area contributed by atoms with E-state index < -0.39 is 5.97 Å². The summed E-state index contributed by atoms with van der Waals surface area (Å²) >= 11 is 0. The highest BCUT2D eigenvalue weighted by molar-refractivity contribution is 5.77. The van der Waals surface area contributed by atoms with Gasteiger partial charge in [0.2, 0.25) is 5.91 Å². The van der Waals surface area contributed by atoms with E-state index in [1.165, 1.54) is 0 Å². The molecule has 0 bridgehead atoms. The van der Waals surface area contributed by atoms with E-state index in [1.54, 1.807) is 4.90 Å². The van der Waals surface area contributed by atoms with E-state index >= 15 is 0 Å². The summed E-state index contributed by atoms with van der Waals surface area (Å²) in [6.07, 6.45) is 1.11. The molecule has 2 unspecified atom stereocenters. The van der Waals surface area contributed by atoms with Gasteiger partial charge in [-0.05, 0) is 36.5 Å². The van der Waals surface area contributed by atoms with Gasteiger partial charge in [-0.1, -0.05) is 54.6 Å². The third-order valence-corrected chi connectivity index (χ3v) is 7.08. The average Bonchev–Trinajstić information content (AvgIpc) is 2.91. The van der Waals surface area contributed by atoms with Crippen LogP contribution in [0.2, 0.25) is 0 Å². The Bertz CT molecular complexity index is 1070. The van der Waals surface area contributed by atoms with Crippen molar-refractivity contribution < 1.29 is 29.0 Å². The summed E-state index contributed by atoms with van der Waals surface area (Å²) in [7, 11) is 0. The van der Waals surface area contributed by atoms with Crippen molar-refractivity contribution in [2.45, 2.75) is 57.5 Å². The first-order valence-corrected chi connectivity index (χ1v) is 12.8. The van der Waals surface area contributed by atoms with Gasteiger partial charge in [0.1, 0.15) is 13.2 Å². The van der Waals surface area contributed by atoms with Gasteiger partial charge in [0.15, 0.2) is 0 Å². The Labute approximate surface area is 217 Å². The molecular formula is C28H35N3O6. The Morgan fingerprint density at radius 3 is 2.46 bits per heavy atom. The Morgan fingerprint density at radius 1 is 1.03 bits per heavy atom. The van der Waals surface area contributed by atoms with Gasteiger partial charge < -0.3 is 24.8 Å². The highest BCUT2D eigenvalue weighted by Gasteiger charge is 2.33. The molecule has 37 heavy (non-hydrogen) atoms. The maximum absolute atomic E-state index is 12.8. The van der Waals surface area contributed by atoms with Crippen LogP contribution < -0.4 is 5.32 Å². The number of hydrogen-bond acceptors (Lipinski definition) is 6. The first-order chi connectivity index (χ1) is 17.9. The number of nitrogens with zero attached hydrogens (tertiary/aromatic N) is 2. The van der Waals surface area contributed by atoms with Gasteiger partial charge in [0, 0.05) is 32.1 Å². The molecule has 2 aliphatic heterocycles. The van der Waals surface area contributed by atoms with Crippen LogP contribution in [0, 0.1) is 0 Å². The number of fused-ring (bicyclic) bond motifs is 1. The molecule has 0 radical (unpaired) electrons. The molecule has 1 fully saturated rings. The fraction of sp³-hybridized carbons (Fsp3) is 0.464. The van der Waals surface area contributed by atoms with Crippen molar-refractivity contribution in [1.29, 1.82) is 0 Å². The van der Waals surface area contributed by atoms with Crippen LogP contribution in [-0.2, 0) is 32.1 Å². The number of amides is 2. The lowest BCUT2D eigenvalue weighted by Crippen LogP contribution is -2.54.